The summed E-state index contributed by atoms with van der Waals surface area (Å²) >= 11 is 0. The van der Waals surface area contributed by atoms with E-state index in [1.807, 2.05) is 11.0 Å². The third-order valence-electron chi connectivity index (χ3n) is 4.97. The van der Waals surface area contributed by atoms with Crippen molar-refractivity contribution < 1.29 is 9.53 Å². The fourth-order valence-corrected chi connectivity index (χ4v) is 3.29. The van der Waals surface area contributed by atoms with Crippen molar-refractivity contribution in [2.45, 2.75) is 19.8 Å². The highest BCUT2D eigenvalue weighted by atomic mass is 16.5. The van der Waals surface area contributed by atoms with Crippen molar-refractivity contribution in [3.05, 3.63) is 12.1 Å². The highest BCUT2D eigenvalue weighted by Crippen LogP contribution is 2.22. The minimum atomic E-state index is 0.0536. The van der Waals surface area contributed by atoms with Crippen LogP contribution in [-0.4, -0.2) is 74.0 Å². The summed E-state index contributed by atoms with van der Waals surface area (Å²) in [6.45, 7) is 7.57. The fraction of sp³-hybridized carbons (Fsp3) is 0.706. The van der Waals surface area contributed by atoms with Crippen molar-refractivity contribution in [2.75, 3.05) is 62.8 Å². The molecule has 3 rings (SSSR count). The first-order valence-corrected chi connectivity index (χ1v) is 8.77. The number of rotatable bonds is 4. The molecule has 0 unspecified atom stereocenters. The van der Waals surface area contributed by atoms with E-state index in [-0.39, 0.29) is 12.5 Å². The van der Waals surface area contributed by atoms with Crippen LogP contribution in [0.5, 0.6) is 0 Å². The van der Waals surface area contributed by atoms with Gasteiger partial charge < -0.3 is 19.4 Å². The van der Waals surface area contributed by atoms with Crippen LogP contribution in [-0.2, 0) is 9.53 Å². The Balaban J connectivity index is 1.54. The maximum atomic E-state index is 11.8. The fourth-order valence-electron chi connectivity index (χ4n) is 3.29. The highest BCUT2D eigenvalue weighted by Gasteiger charge is 2.22. The predicted octanol–water partition coefficient (Wildman–Crippen LogP) is 1.01. The molecule has 2 aliphatic heterocycles. The lowest BCUT2D eigenvalue weighted by atomic mass is 9.99. The second kappa shape index (κ2) is 7.79. The molecule has 0 atom stereocenters. The van der Waals surface area contributed by atoms with Crippen LogP contribution in [0.1, 0.15) is 19.8 Å². The molecule has 0 spiro atoms. The molecule has 0 radical (unpaired) electrons. The minimum Gasteiger partial charge on any atom is -0.375 e. The van der Waals surface area contributed by atoms with Crippen LogP contribution in [0, 0.1) is 5.92 Å². The van der Waals surface area contributed by atoms with Gasteiger partial charge in [-0.3, -0.25) is 4.79 Å². The molecule has 2 saturated heterocycles. The molecular weight excluding hydrogens is 306 g/mol. The average Bonchev–Trinajstić information content (AvgIpc) is 2.63. The van der Waals surface area contributed by atoms with Crippen molar-refractivity contribution in [3.63, 3.8) is 0 Å². The second-order valence-corrected chi connectivity index (χ2v) is 6.72. The largest absolute Gasteiger partial charge is 0.375 e. The molecule has 0 saturated carbocycles. The molecule has 2 aliphatic rings. The van der Waals surface area contributed by atoms with Gasteiger partial charge in [0.15, 0.2) is 11.6 Å². The Hall–Kier alpha value is -1.89. The van der Waals surface area contributed by atoms with Gasteiger partial charge in [0.1, 0.15) is 6.61 Å². The number of anilines is 2. The zero-order valence-electron chi connectivity index (χ0n) is 14.6. The van der Waals surface area contributed by atoms with Crippen LogP contribution in [0.4, 0.5) is 11.6 Å². The van der Waals surface area contributed by atoms with E-state index >= 15 is 0 Å². The van der Waals surface area contributed by atoms with Gasteiger partial charge in [0.25, 0.3) is 0 Å². The van der Waals surface area contributed by atoms with Crippen LogP contribution in [0.15, 0.2) is 12.1 Å². The maximum Gasteiger partial charge on any atom is 0.248 e. The first kappa shape index (κ1) is 17.0. The first-order chi connectivity index (χ1) is 11.7. The van der Waals surface area contributed by atoms with E-state index in [1.54, 1.807) is 7.11 Å². The molecule has 3 heterocycles. The van der Waals surface area contributed by atoms with Gasteiger partial charge in [-0.15, -0.1) is 10.2 Å². The van der Waals surface area contributed by atoms with Crippen molar-refractivity contribution in [2.24, 2.45) is 5.92 Å². The number of nitrogens with zero attached hydrogens (tertiary/aromatic N) is 5. The van der Waals surface area contributed by atoms with E-state index in [0.29, 0.717) is 13.1 Å². The molecule has 0 aliphatic carbocycles. The van der Waals surface area contributed by atoms with E-state index in [2.05, 4.69) is 33.0 Å². The van der Waals surface area contributed by atoms with Gasteiger partial charge >= 0.3 is 0 Å². The summed E-state index contributed by atoms with van der Waals surface area (Å²) in [6.07, 6.45) is 2.45. The van der Waals surface area contributed by atoms with Gasteiger partial charge in [0, 0.05) is 46.4 Å². The predicted molar refractivity (Wildman–Crippen MR) is 93.3 cm³/mol. The summed E-state index contributed by atoms with van der Waals surface area (Å²) in [5, 5.41) is 8.83. The summed E-state index contributed by atoms with van der Waals surface area (Å²) in [6, 6.07) is 4.12. The van der Waals surface area contributed by atoms with Crippen molar-refractivity contribution in [3.8, 4) is 0 Å². The van der Waals surface area contributed by atoms with Crippen LogP contribution in [0.2, 0.25) is 0 Å². The van der Waals surface area contributed by atoms with E-state index in [9.17, 15) is 4.79 Å². The number of piperidine rings is 1. The Bertz CT molecular complexity index is 534. The standard InChI is InChI=1S/C17H27N5O2/c1-14-5-7-20(8-6-14)15-3-4-16(19-18-15)21-9-11-22(12-10-21)17(23)13-24-2/h3-4,14H,5-13H2,1-2H3. The number of carbonyl (C=O) groups is 1. The quantitative estimate of drug-likeness (QED) is 0.819. The normalized spacial score (nSPS) is 19.7. The summed E-state index contributed by atoms with van der Waals surface area (Å²) < 4.78 is 4.91. The highest BCUT2D eigenvalue weighted by molar-refractivity contribution is 5.77. The number of piperazine rings is 1. The summed E-state index contributed by atoms with van der Waals surface area (Å²) in [4.78, 5) is 18.2. The zero-order valence-corrected chi connectivity index (χ0v) is 14.6. The topological polar surface area (TPSA) is 61.8 Å². The number of hydrogen-bond donors (Lipinski definition) is 0. The molecule has 7 nitrogen and oxygen atoms in total. The lowest BCUT2D eigenvalue weighted by Gasteiger charge is -2.35. The summed E-state index contributed by atoms with van der Waals surface area (Å²) in [5.41, 5.74) is 0. The van der Waals surface area contributed by atoms with Crippen LogP contribution in [0.3, 0.4) is 0 Å². The Morgan fingerprint density at radius 3 is 2.08 bits per heavy atom. The average molecular weight is 333 g/mol. The third kappa shape index (κ3) is 3.95. The SMILES string of the molecule is COCC(=O)N1CCN(c2ccc(N3CCC(C)CC3)nn2)CC1. The van der Waals surface area contributed by atoms with Crippen LogP contribution >= 0.6 is 0 Å². The molecular formula is C17H27N5O2. The van der Waals surface area contributed by atoms with E-state index in [4.69, 9.17) is 4.74 Å². The minimum absolute atomic E-state index is 0.0536. The monoisotopic (exact) mass is 333 g/mol. The van der Waals surface area contributed by atoms with Crippen LogP contribution < -0.4 is 9.80 Å². The Labute approximate surface area is 143 Å². The molecule has 2 fully saturated rings. The van der Waals surface area contributed by atoms with Gasteiger partial charge in [-0.25, -0.2) is 0 Å². The molecule has 0 bridgehead atoms. The number of carbonyl (C=O) groups excluding carboxylic acids is 1. The zero-order chi connectivity index (χ0) is 16.9. The molecule has 1 amide bonds. The van der Waals surface area contributed by atoms with Crippen molar-refractivity contribution in [1.82, 2.24) is 15.1 Å². The molecule has 132 valence electrons. The van der Waals surface area contributed by atoms with Gasteiger partial charge in [-0.1, -0.05) is 6.92 Å². The molecule has 0 N–H and O–H groups in total. The smallest absolute Gasteiger partial charge is 0.248 e. The van der Waals surface area contributed by atoms with E-state index in [1.165, 1.54) is 12.8 Å². The number of amides is 1. The number of methoxy groups -OCH3 is 1. The molecule has 24 heavy (non-hydrogen) atoms. The Morgan fingerprint density at radius 2 is 1.58 bits per heavy atom. The van der Waals surface area contributed by atoms with Gasteiger partial charge in [-0.05, 0) is 30.9 Å². The number of aromatic nitrogens is 2. The molecule has 7 heteroatoms. The summed E-state index contributed by atoms with van der Waals surface area (Å²) in [5.74, 6) is 2.73. The lowest BCUT2D eigenvalue weighted by Crippen LogP contribution is -2.50. The first-order valence-electron chi connectivity index (χ1n) is 8.77. The number of hydrogen-bond acceptors (Lipinski definition) is 6. The maximum absolute atomic E-state index is 11.8. The summed E-state index contributed by atoms with van der Waals surface area (Å²) in [7, 11) is 1.55. The lowest BCUT2D eigenvalue weighted by molar-refractivity contribution is -0.135. The van der Waals surface area contributed by atoms with Gasteiger partial charge in [0.2, 0.25) is 5.91 Å². The number of ether oxygens (including phenoxy) is 1. The van der Waals surface area contributed by atoms with Gasteiger partial charge in [0.05, 0.1) is 0 Å². The Kier molecular flexibility index (Phi) is 5.50. The second-order valence-electron chi connectivity index (χ2n) is 6.72. The van der Waals surface area contributed by atoms with Gasteiger partial charge in [-0.2, -0.15) is 0 Å². The molecule has 1 aromatic heterocycles. The van der Waals surface area contributed by atoms with E-state index < -0.39 is 0 Å². The van der Waals surface area contributed by atoms with Crippen LogP contribution in [0.25, 0.3) is 0 Å². The van der Waals surface area contributed by atoms with Crippen molar-refractivity contribution >= 4 is 17.5 Å². The molecule has 0 aromatic carbocycles. The van der Waals surface area contributed by atoms with Crippen molar-refractivity contribution in [1.29, 1.82) is 0 Å². The third-order valence-corrected chi connectivity index (χ3v) is 4.97. The van der Waals surface area contributed by atoms with E-state index in [0.717, 1.165) is 43.7 Å². The Morgan fingerprint density at radius 1 is 1.04 bits per heavy atom. The molecule has 1 aromatic rings.